The van der Waals surface area contributed by atoms with Crippen LogP contribution in [0.15, 0.2) is 18.2 Å². The summed E-state index contributed by atoms with van der Waals surface area (Å²) < 4.78 is 24.4. The summed E-state index contributed by atoms with van der Waals surface area (Å²) in [5.74, 6) is 0. The number of nitrogens with zero attached hydrogens (tertiary/aromatic N) is 1. The zero-order valence-electron chi connectivity index (χ0n) is 7.85. The average Bonchev–Trinajstić information content (AvgIpc) is 2.15. The van der Waals surface area contributed by atoms with E-state index >= 15 is 0 Å². The third kappa shape index (κ3) is 2.27. The molecule has 1 unspecified atom stereocenters. The highest BCUT2D eigenvalue weighted by molar-refractivity contribution is 5.48. The Hall–Kier alpha value is -1.56. The molecular formula is C9H9F2NO3. The van der Waals surface area contributed by atoms with Gasteiger partial charge in [-0.25, -0.2) is 8.78 Å². The van der Waals surface area contributed by atoms with Crippen molar-refractivity contribution >= 4 is 5.69 Å². The molecule has 1 N–H and O–H groups in total. The third-order valence-corrected chi connectivity index (χ3v) is 2.01. The molecule has 0 aliphatic carbocycles. The fourth-order valence-corrected chi connectivity index (χ4v) is 1.31. The Morgan fingerprint density at radius 1 is 1.47 bits per heavy atom. The van der Waals surface area contributed by atoms with Gasteiger partial charge in [-0.1, -0.05) is 12.1 Å². The standard InChI is InChI=1S/C9H9F2NO3/c1-5-3-2-4-6(7(5)12(14)15)8(13)9(10)11/h2-4,8-9,13H,1H3. The van der Waals surface area contributed by atoms with Gasteiger partial charge in [0.15, 0.2) is 0 Å². The molecule has 6 heteroatoms. The van der Waals surface area contributed by atoms with Crippen molar-refractivity contribution in [2.24, 2.45) is 0 Å². The Morgan fingerprint density at radius 3 is 2.53 bits per heavy atom. The zero-order valence-corrected chi connectivity index (χ0v) is 7.85. The van der Waals surface area contributed by atoms with Crippen LogP contribution in [0.5, 0.6) is 0 Å². The van der Waals surface area contributed by atoms with Gasteiger partial charge in [0.25, 0.3) is 12.1 Å². The summed E-state index contributed by atoms with van der Waals surface area (Å²) in [7, 11) is 0. The molecule has 1 aromatic rings. The Bertz CT molecular complexity index is 382. The number of nitro groups is 1. The molecule has 0 fully saturated rings. The van der Waals surface area contributed by atoms with Gasteiger partial charge in [0.1, 0.15) is 6.10 Å². The van der Waals surface area contributed by atoms with E-state index in [1.807, 2.05) is 0 Å². The molecular weight excluding hydrogens is 208 g/mol. The Morgan fingerprint density at radius 2 is 2.07 bits per heavy atom. The smallest absolute Gasteiger partial charge is 0.278 e. The van der Waals surface area contributed by atoms with Crippen LogP contribution in [0.1, 0.15) is 17.2 Å². The fraction of sp³-hybridized carbons (Fsp3) is 0.333. The number of aryl methyl sites for hydroxylation is 1. The number of alkyl halides is 2. The fourth-order valence-electron chi connectivity index (χ4n) is 1.31. The van der Waals surface area contributed by atoms with Crippen LogP contribution in [0.2, 0.25) is 0 Å². The molecule has 1 aromatic carbocycles. The van der Waals surface area contributed by atoms with E-state index in [2.05, 4.69) is 0 Å². The SMILES string of the molecule is Cc1cccc(C(O)C(F)F)c1[N+](=O)[O-]. The van der Waals surface area contributed by atoms with Gasteiger partial charge in [-0.15, -0.1) is 0 Å². The van der Waals surface area contributed by atoms with Crippen molar-refractivity contribution in [1.82, 2.24) is 0 Å². The number of rotatable bonds is 3. The number of aliphatic hydroxyl groups is 1. The van der Waals surface area contributed by atoms with Crippen molar-refractivity contribution in [3.05, 3.63) is 39.4 Å². The lowest BCUT2D eigenvalue weighted by atomic mass is 10.0. The van der Waals surface area contributed by atoms with Crippen LogP contribution in [0.3, 0.4) is 0 Å². The molecule has 0 bridgehead atoms. The first kappa shape index (κ1) is 11.5. The van der Waals surface area contributed by atoms with E-state index in [9.17, 15) is 18.9 Å². The maximum absolute atomic E-state index is 12.2. The molecule has 15 heavy (non-hydrogen) atoms. The molecule has 0 saturated carbocycles. The molecule has 0 aliphatic rings. The van der Waals surface area contributed by atoms with Gasteiger partial charge in [-0.2, -0.15) is 0 Å². The minimum atomic E-state index is -3.04. The summed E-state index contributed by atoms with van der Waals surface area (Å²) in [5.41, 5.74) is -0.558. The normalized spacial score (nSPS) is 12.9. The number of benzene rings is 1. The van der Waals surface area contributed by atoms with Gasteiger partial charge < -0.3 is 5.11 Å². The molecule has 0 radical (unpaired) electrons. The van der Waals surface area contributed by atoms with Crippen molar-refractivity contribution in [2.45, 2.75) is 19.5 Å². The Labute approximate surface area is 84.3 Å². The molecule has 0 spiro atoms. The van der Waals surface area contributed by atoms with Crippen molar-refractivity contribution in [3.8, 4) is 0 Å². The van der Waals surface area contributed by atoms with Gasteiger partial charge in [0.05, 0.1) is 10.5 Å². The lowest BCUT2D eigenvalue weighted by Gasteiger charge is -2.10. The highest BCUT2D eigenvalue weighted by atomic mass is 19.3. The van der Waals surface area contributed by atoms with E-state index in [0.29, 0.717) is 0 Å². The molecule has 0 heterocycles. The van der Waals surface area contributed by atoms with E-state index < -0.39 is 23.1 Å². The van der Waals surface area contributed by atoms with Crippen LogP contribution in [-0.2, 0) is 0 Å². The van der Waals surface area contributed by atoms with Crippen LogP contribution in [0.4, 0.5) is 14.5 Å². The van der Waals surface area contributed by atoms with Crippen LogP contribution < -0.4 is 0 Å². The van der Waals surface area contributed by atoms with Crippen LogP contribution >= 0.6 is 0 Å². The van der Waals surface area contributed by atoms with Gasteiger partial charge >= 0.3 is 0 Å². The first-order chi connectivity index (χ1) is 6.95. The van der Waals surface area contributed by atoms with Gasteiger partial charge in [-0.05, 0) is 13.0 Å². The lowest BCUT2D eigenvalue weighted by molar-refractivity contribution is -0.387. The quantitative estimate of drug-likeness (QED) is 0.623. The molecule has 0 amide bonds. The summed E-state index contributed by atoms with van der Waals surface area (Å²) in [6, 6.07) is 3.95. The summed E-state index contributed by atoms with van der Waals surface area (Å²) in [6.45, 7) is 1.43. The molecule has 4 nitrogen and oxygen atoms in total. The van der Waals surface area contributed by atoms with E-state index in [4.69, 9.17) is 5.11 Å². The van der Waals surface area contributed by atoms with Crippen LogP contribution in [-0.4, -0.2) is 16.5 Å². The van der Waals surface area contributed by atoms with Crippen molar-refractivity contribution < 1.29 is 18.8 Å². The predicted octanol–water partition coefficient (Wildman–Crippen LogP) is 2.20. The maximum atomic E-state index is 12.2. The number of hydrogen-bond donors (Lipinski definition) is 1. The van der Waals surface area contributed by atoms with Crippen LogP contribution in [0.25, 0.3) is 0 Å². The number of halogens is 2. The van der Waals surface area contributed by atoms with Gasteiger partial charge in [0, 0.05) is 5.56 Å². The monoisotopic (exact) mass is 217 g/mol. The molecule has 0 aromatic heterocycles. The third-order valence-electron chi connectivity index (χ3n) is 2.01. The highest BCUT2D eigenvalue weighted by Crippen LogP contribution is 2.31. The second-order valence-electron chi connectivity index (χ2n) is 3.05. The van der Waals surface area contributed by atoms with E-state index in [-0.39, 0.29) is 11.1 Å². The minimum Gasteiger partial charge on any atom is -0.382 e. The number of hydrogen-bond acceptors (Lipinski definition) is 3. The summed E-state index contributed by atoms with van der Waals surface area (Å²) in [5, 5.41) is 19.7. The first-order valence-electron chi connectivity index (χ1n) is 4.15. The zero-order chi connectivity index (χ0) is 11.6. The summed E-state index contributed by atoms with van der Waals surface area (Å²) in [4.78, 5) is 9.85. The second kappa shape index (κ2) is 4.31. The van der Waals surface area contributed by atoms with E-state index in [0.717, 1.165) is 6.07 Å². The maximum Gasteiger partial charge on any atom is 0.278 e. The Balaban J connectivity index is 3.29. The minimum absolute atomic E-state index is 0.247. The molecule has 82 valence electrons. The number of nitro benzene ring substituents is 1. The van der Waals surface area contributed by atoms with Crippen molar-refractivity contribution in [3.63, 3.8) is 0 Å². The van der Waals surface area contributed by atoms with Gasteiger partial charge in [-0.3, -0.25) is 10.1 Å². The lowest BCUT2D eigenvalue weighted by Crippen LogP contribution is -2.11. The van der Waals surface area contributed by atoms with Crippen molar-refractivity contribution in [1.29, 1.82) is 0 Å². The van der Waals surface area contributed by atoms with E-state index in [1.54, 1.807) is 0 Å². The number of aliphatic hydroxyl groups excluding tert-OH is 1. The summed E-state index contributed by atoms with van der Waals surface area (Å²) in [6.07, 6.45) is -5.16. The van der Waals surface area contributed by atoms with Crippen LogP contribution in [0, 0.1) is 17.0 Å². The predicted molar refractivity (Wildman–Crippen MR) is 48.8 cm³/mol. The number of para-hydroxylation sites is 1. The molecule has 1 rings (SSSR count). The molecule has 1 atom stereocenters. The van der Waals surface area contributed by atoms with E-state index in [1.165, 1.54) is 19.1 Å². The largest absolute Gasteiger partial charge is 0.382 e. The second-order valence-corrected chi connectivity index (χ2v) is 3.05. The first-order valence-corrected chi connectivity index (χ1v) is 4.15. The average molecular weight is 217 g/mol. The van der Waals surface area contributed by atoms with Crippen molar-refractivity contribution in [2.75, 3.05) is 0 Å². The van der Waals surface area contributed by atoms with Gasteiger partial charge in [0.2, 0.25) is 0 Å². The highest BCUT2D eigenvalue weighted by Gasteiger charge is 2.28. The molecule has 0 aliphatic heterocycles. The Kier molecular flexibility index (Phi) is 3.31. The topological polar surface area (TPSA) is 63.4 Å². The molecule has 0 saturated heterocycles. The summed E-state index contributed by atoms with van der Waals surface area (Å²) >= 11 is 0.